The molecule has 6 nitrogen and oxygen atoms in total. The fourth-order valence-corrected chi connectivity index (χ4v) is 2.30. The minimum absolute atomic E-state index is 0.121. The van der Waals surface area contributed by atoms with Gasteiger partial charge in [-0.15, -0.1) is 5.10 Å². The molecule has 1 aromatic heterocycles. The van der Waals surface area contributed by atoms with Crippen molar-refractivity contribution in [1.82, 2.24) is 15.2 Å². The van der Waals surface area contributed by atoms with Crippen molar-refractivity contribution < 1.29 is 4.79 Å². The van der Waals surface area contributed by atoms with Crippen molar-refractivity contribution in [2.75, 3.05) is 16.8 Å². The van der Waals surface area contributed by atoms with Gasteiger partial charge >= 0.3 is 0 Å². The summed E-state index contributed by atoms with van der Waals surface area (Å²) in [7, 11) is 0. The van der Waals surface area contributed by atoms with Crippen molar-refractivity contribution in [2.24, 2.45) is 0 Å². The number of nitrogens with two attached hydrogens (primary N) is 1. The minimum Gasteiger partial charge on any atom is -0.368 e. The second-order valence-corrected chi connectivity index (χ2v) is 5.60. The number of aromatic nitrogens is 3. The van der Waals surface area contributed by atoms with E-state index in [2.05, 4.69) is 36.4 Å². The highest BCUT2D eigenvalue weighted by molar-refractivity contribution is 9.10. The first-order chi connectivity index (χ1) is 9.04. The van der Waals surface area contributed by atoms with Crippen LogP contribution in [0.5, 0.6) is 0 Å². The van der Waals surface area contributed by atoms with Gasteiger partial charge < -0.3 is 11.1 Å². The molecule has 0 unspecified atom stereocenters. The molecule has 0 atom stereocenters. The summed E-state index contributed by atoms with van der Waals surface area (Å²) in [6, 6.07) is 5.65. The Morgan fingerprint density at radius 2 is 2.37 bits per heavy atom. The van der Waals surface area contributed by atoms with Crippen LogP contribution >= 0.6 is 27.7 Å². The van der Waals surface area contributed by atoms with Gasteiger partial charge in [-0.25, -0.2) is 5.10 Å². The zero-order valence-electron chi connectivity index (χ0n) is 10.1. The topological polar surface area (TPSA) is 96.7 Å². The lowest BCUT2D eigenvalue weighted by atomic mass is 10.2. The number of rotatable bonds is 4. The number of nitrogens with one attached hydrogen (secondary N) is 2. The number of carbonyl (C=O) groups excluding carboxylic acids is 1. The first-order valence-corrected chi connectivity index (χ1v) is 7.19. The Kier molecular flexibility index (Phi) is 4.43. The number of halogens is 1. The molecule has 0 fully saturated rings. The predicted octanol–water partition coefficient (Wildman–Crippen LogP) is 2.19. The van der Waals surface area contributed by atoms with E-state index in [1.807, 2.05) is 25.1 Å². The maximum atomic E-state index is 11.7. The monoisotopic (exact) mass is 341 g/mol. The van der Waals surface area contributed by atoms with E-state index in [0.717, 1.165) is 15.7 Å². The highest BCUT2D eigenvalue weighted by atomic mass is 79.9. The Labute approximate surface area is 122 Å². The van der Waals surface area contributed by atoms with Gasteiger partial charge in [-0.05, 0) is 24.6 Å². The molecule has 19 heavy (non-hydrogen) atoms. The molecule has 0 bridgehead atoms. The smallest absolute Gasteiger partial charge is 0.234 e. The SMILES string of the molecule is Cc1ccc(NC(=O)CSc2n[nH]c(N)n2)cc1Br. The van der Waals surface area contributed by atoms with E-state index >= 15 is 0 Å². The number of nitrogens with zero attached hydrogens (tertiary/aromatic N) is 2. The van der Waals surface area contributed by atoms with Gasteiger partial charge in [0.15, 0.2) is 0 Å². The molecule has 0 saturated heterocycles. The minimum atomic E-state index is -0.121. The lowest BCUT2D eigenvalue weighted by molar-refractivity contribution is -0.113. The second-order valence-electron chi connectivity index (χ2n) is 3.80. The van der Waals surface area contributed by atoms with Gasteiger partial charge in [0.2, 0.25) is 17.0 Å². The number of anilines is 2. The molecule has 0 aliphatic rings. The summed E-state index contributed by atoms with van der Waals surface area (Å²) in [5, 5.41) is 9.60. The van der Waals surface area contributed by atoms with Crippen molar-refractivity contribution in [1.29, 1.82) is 0 Å². The van der Waals surface area contributed by atoms with Crippen LogP contribution in [0.1, 0.15) is 5.56 Å². The molecule has 1 aromatic carbocycles. The fraction of sp³-hybridized carbons (Fsp3) is 0.182. The Balaban J connectivity index is 1.88. The standard InChI is InChI=1S/C11H12BrN5OS/c1-6-2-3-7(4-8(6)12)14-9(18)5-19-11-15-10(13)16-17-11/h2-4H,5H2,1H3,(H,14,18)(H3,13,15,16,17). The third kappa shape index (κ3) is 3.97. The molecular weight excluding hydrogens is 330 g/mol. The van der Waals surface area contributed by atoms with Crippen LogP contribution < -0.4 is 11.1 Å². The number of hydrogen-bond acceptors (Lipinski definition) is 5. The molecule has 4 N–H and O–H groups in total. The van der Waals surface area contributed by atoms with Crippen molar-refractivity contribution >= 4 is 45.2 Å². The molecule has 0 spiro atoms. The summed E-state index contributed by atoms with van der Waals surface area (Å²) in [6.45, 7) is 1.99. The van der Waals surface area contributed by atoms with Gasteiger partial charge in [0.05, 0.1) is 5.75 Å². The number of carbonyl (C=O) groups is 1. The van der Waals surface area contributed by atoms with Crippen LogP contribution in [0.4, 0.5) is 11.6 Å². The molecule has 8 heteroatoms. The van der Waals surface area contributed by atoms with Crippen LogP contribution in [0.25, 0.3) is 0 Å². The first-order valence-electron chi connectivity index (χ1n) is 5.41. The highest BCUT2D eigenvalue weighted by Crippen LogP contribution is 2.21. The average molecular weight is 342 g/mol. The summed E-state index contributed by atoms with van der Waals surface area (Å²) in [5.74, 6) is 0.345. The zero-order valence-corrected chi connectivity index (χ0v) is 12.5. The van der Waals surface area contributed by atoms with E-state index in [0.29, 0.717) is 5.16 Å². The van der Waals surface area contributed by atoms with E-state index in [-0.39, 0.29) is 17.6 Å². The van der Waals surface area contributed by atoms with Gasteiger partial charge in [0, 0.05) is 10.2 Å². The quantitative estimate of drug-likeness (QED) is 0.740. The maximum Gasteiger partial charge on any atom is 0.234 e. The van der Waals surface area contributed by atoms with Crippen LogP contribution in [0.15, 0.2) is 27.8 Å². The molecule has 1 heterocycles. The molecule has 0 aliphatic heterocycles. The van der Waals surface area contributed by atoms with E-state index in [9.17, 15) is 4.79 Å². The van der Waals surface area contributed by atoms with Crippen LogP contribution in [-0.2, 0) is 4.79 Å². The number of aryl methyl sites for hydroxylation is 1. The molecule has 0 aliphatic carbocycles. The summed E-state index contributed by atoms with van der Waals surface area (Å²) in [4.78, 5) is 15.6. The number of aromatic amines is 1. The third-order valence-corrected chi connectivity index (χ3v) is 3.97. The van der Waals surface area contributed by atoms with Crippen LogP contribution in [0.2, 0.25) is 0 Å². The van der Waals surface area contributed by atoms with Gasteiger partial charge in [-0.2, -0.15) is 4.98 Å². The Bertz CT molecular complexity index is 601. The molecule has 2 aromatic rings. The number of thioether (sulfide) groups is 1. The van der Waals surface area contributed by atoms with Gasteiger partial charge in [-0.3, -0.25) is 4.79 Å². The van der Waals surface area contributed by atoms with Crippen LogP contribution in [-0.4, -0.2) is 26.8 Å². The van der Waals surface area contributed by atoms with Crippen molar-refractivity contribution in [3.8, 4) is 0 Å². The lowest BCUT2D eigenvalue weighted by Gasteiger charge is -2.06. The maximum absolute atomic E-state index is 11.7. The van der Waals surface area contributed by atoms with Gasteiger partial charge in [0.25, 0.3) is 0 Å². The Hall–Kier alpha value is -1.54. The summed E-state index contributed by atoms with van der Waals surface area (Å²) in [5.41, 5.74) is 7.25. The van der Waals surface area contributed by atoms with E-state index in [4.69, 9.17) is 5.73 Å². The van der Waals surface area contributed by atoms with Crippen molar-refractivity contribution in [3.63, 3.8) is 0 Å². The molecule has 2 rings (SSSR count). The summed E-state index contributed by atoms with van der Waals surface area (Å²) < 4.78 is 0.958. The molecule has 100 valence electrons. The molecule has 0 radical (unpaired) electrons. The second kappa shape index (κ2) is 6.07. The Morgan fingerprint density at radius 3 is 3.00 bits per heavy atom. The van der Waals surface area contributed by atoms with E-state index < -0.39 is 0 Å². The molecule has 0 saturated carbocycles. The predicted molar refractivity (Wildman–Crippen MR) is 79.0 cm³/mol. The summed E-state index contributed by atoms with van der Waals surface area (Å²) in [6.07, 6.45) is 0. The fourth-order valence-electron chi connectivity index (χ4n) is 1.32. The zero-order chi connectivity index (χ0) is 13.8. The Morgan fingerprint density at radius 1 is 1.58 bits per heavy atom. The number of H-pyrrole nitrogens is 1. The highest BCUT2D eigenvalue weighted by Gasteiger charge is 2.07. The van der Waals surface area contributed by atoms with E-state index in [1.54, 1.807) is 0 Å². The summed E-state index contributed by atoms with van der Waals surface area (Å²) >= 11 is 4.64. The normalized spacial score (nSPS) is 10.4. The largest absolute Gasteiger partial charge is 0.368 e. The molecule has 1 amide bonds. The van der Waals surface area contributed by atoms with Crippen molar-refractivity contribution in [3.05, 3.63) is 28.2 Å². The van der Waals surface area contributed by atoms with Crippen LogP contribution in [0.3, 0.4) is 0 Å². The van der Waals surface area contributed by atoms with Crippen molar-refractivity contribution in [2.45, 2.75) is 12.1 Å². The average Bonchev–Trinajstić information content (AvgIpc) is 2.77. The molecular formula is C11H12BrN5OS. The number of benzene rings is 1. The van der Waals surface area contributed by atoms with Crippen LogP contribution in [0, 0.1) is 6.92 Å². The van der Waals surface area contributed by atoms with Gasteiger partial charge in [-0.1, -0.05) is 33.8 Å². The number of amides is 1. The number of nitrogen functional groups attached to an aromatic ring is 1. The number of hydrogen-bond donors (Lipinski definition) is 3. The van der Waals surface area contributed by atoms with Gasteiger partial charge in [0.1, 0.15) is 0 Å². The third-order valence-electron chi connectivity index (χ3n) is 2.27. The van der Waals surface area contributed by atoms with E-state index in [1.165, 1.54) is 11.8 Å². The lowest BCUT2D eigenvalue weighted by Crippen LogP contribution is -2.14. The first kappa shape index (κ1) is 13.9.